The van der Waals surface area contributed by atoms with Crippen LogP contribution in [0.1, 0.15) is 36.6 Å². The minimum Gasteiger partial charge on any atom is -0.206 e. The van der Waals surface area contributed by atoms with Crippen LogP contribution in [-0.4, -0.2) is 25.8 Å². The van der Waals surface area contributed by atoms with E-state index in [0.29, 0.717) is 29.1 Å². The molecule has 0 aliphatic carbocycles. The Balaban J connectivity index is 2.25. The number of sulfonamides is 1. The molecule has 0 aromatic carbocycles. The van der Waals surface area contributed by atoms with Gasteiger partial charge in [-0.25, -0.2) is 8.42 Å². The molecule has 1 aromatic heterocycles. The number of piperidine rings is 1. The van der Waals surface area contributed by atoms with E-state index in [1.54, 1.807) is 10.4 Å². The maximum Gasteiger partial charge on any atom is 0.252 e. The summed E-state index contributed by atoms with van der Waals surface area (Å²) in [5.41, 5.74) is 0.975. The minimum absolute atomic E-state index is 0.379. The highest BCUT2D eigenvalue weighted by Crippen LogP contribution is 2.32. The molecular formula is C13H20ClNO2S2. The Morgan fingerprint density at radius 2 is 2.26 bits per heavy atom. The zero-order valence-corrected chi connectivity index (χ0v) is 13.7. The van der Waals surface area contributed by atoms with Crippen LogP contribution in [0.25, 0.3) is 0 Å². The van der Waals surface area contributed by atoms with E-state index in [1.165, 1.54) is 11.3 Å². The average molecular weight is 322 g/mol. The summed E-state index contributed by atoms with van der Waals surface area (Å²) in [6.07, 6.45) is 3.14. The molecule has 108 valence electrons. The van der Waals surface area contributed by atoms with Crippen molar-refractivity contribution in [3.8, 4) is 0 Å². The highest BCUT2D eigenvalue weighted by molar-refractivity contribution is 7.91. The summed E-state index contributed by atoms with van der Waals surface area (Å²) < 4.78 is 27.3. The number of halogens is 1. The molecule has 3 nitrogen and oxygen atoms in total. The number of alkyl halides is 1. The van der Waals surface area contributed by atoms with E-state index in [2.05, 4.69) is 6.92 Å². The predicted molar refractivity (Wildman–Crippen MR) is 80.4 cm³/mol. The second-order valence-electron chi connectivity index (χ2n) is 5.08. The van der Waals surface area contributed by atoms with E-state index >= 15 is 0 Å². The van der Waals surface area contributed by atoms with E-state index < -0.39 is 10.0 Å². The zero-order valence-electron chi connectivity index (χ0n) is 11.4. The van der Waals surface area contributed by atoms with E-state index in [-0.39, 0.29) is 0 Å². The lowest BCUT2D eigenvalue weighted by atomic mass is 9.97. The van der Waals surface area contributed by atoms with Gasteiger partial charge in [0.2, 0.25) is 0 Å². The first kappa shape index (κ1) is 15.3. The average Bonchev–Trinajstić information content (AvgIpc) is 2.80. The molecule has 1 aliphatic heterocycles. The third-order valence-electron chi connectivity index (χ3n) is 3.77. The number of nitrogens with zero attached hydrogens (tertiary/aromatic N) is 1. The molecule has 0 amide bonds. The van der Waals surface area contributed by atoms with Gasteiger partial charge in [0, 0.05) is 18.0 Å². The van der Waals surface area contributed by atoms with Gasteiger partial charge in [0.15, 0.2) is 0 Å². The van der Waals surface area contributed by atoms with Crippen LogP contribution >= 0.6 is 22.9 Å². The largest absolute Gasteiger partial charge is 0.252 e. The molecule has 0 N–H and O–H groups in total. The van der Waals surface area contributed by atoms with Gasteiger partial charge >= 0.3 is 0 Å². The fourth-order valence-electron chi connectivity index (χ4n) is 2.45. The molecule has 0 radical (unpaired) electrons. The van der Waals surface area contributed by atoms with Crippen LogP contribution < -0.4 is 0 Å². The van der Waals surface area contributed by atoms with Gasteiger partial charge in [-0.05, 0) is 37.3 Å². The highest BCUT2D eigenvalue weighted by Gasteiger charge is 2.31. The smallest absolute Gasteiger partial charge is 0.206 e. The lowest BCUT2D eigenvalue weighted by molar-refractivity contribution is 0.262. The van der Waals surface area contributed by atoms with Gasteiger partial charge in [0.25, 0.3) is 10.0 Å². The second-order valence-corrected chi connectivity index (χ2v) is 8.65. The fourth-order valence-corrected chi connectivity index (χ4v) is 5.98. The number of hydrogen-bond donors (Lipinski definition) is 0. The highest BCUT2D eigenvalue weighted by atomic mass is 35.5. The molecule has 1 atom stereocenters. The maximum atomic E-state index is 12.6. The van der Waals surface area contributed by atoms with Crippen LogP contribution in [0.15, 0.2) is 10.3 Å². The van der Waals surface area contributed by atoms with Crippen molar-refractivity contribution < 1.29 is 8.42 Å². The van der Waals surface area contributed by atoms with Gasteiger partial charge in [-0.2, -0.15) is 4.31 Å². The van der Waals surface area contributed by atoms with Gasteiger partial charge < -0.3 is 0 Å². The molecule has 1 fully saturated rings. The van der Waals surface area contributed by atoms with Crippen molar-refractivity contribution >= 4 is 33.0 Å². The first-order valence-corrected chi connectivity index (χ1v) is 9.43. The summed E-state index contributed by atoms with van der Waals surface area (Å²) in [5.74, 6) is 0.876. The lowest BCUT2D eigenvalue weighted by Gasteiger charge is -2.30. The molecule has 1 aromatic rings. The molecule has 2 heterocycles. The Morgan fingerprint density at radius 3 is 2.84 bits per heavy atom. The van der Waals surface area contributed by atoms with Gasteiger partial charge in [-0.3, -0.25) is 0 Å². The van der Waals surface area contributed by atoms with Crippen molar-refractivity contribution in [2.75, 3.05) is 13.1 Å². The summed E-state index contributed by atoms with van der Waals surface area (Å²) in [6.45, 7) is 5.35. The number of aryl methyl sites for hydroxylation is 1. The summed E-state index contributed by atoms with van der Waals surface area (Å²) in [7, 11) is -3.32. The van der Waals surface area contributed by atoms with Crippen molar-refractivity contribution in [3.05, 3.63) is 16.5 Å². The SMILES string of the molecule is CCC1CCCN(S(=O)(=O)c2cc(C)c(CCl)s2)C1. The third-order valence-corrected chi connectivity index (χ3v) is 7.75. The summed E-state index contributed by atoms with van der Waals surface area (Å²) in [6, 6.07) is 1.76. The molecule has 2 rings (SSSR count). The second kappa shape index (κ2) is 6.12. The Labute approximate surface area is 124 Å². The van der Waals surface area contributed by atoms with Crippen LogP contribution in [0.5, 0.6) is 0 Å². The van der Waals surface area contributed by atoms with Crippen LogP contribution in [0.4, 0.5) is 0 Å². The summed E-state index contributed by atoms with van der Waals surface area (Å²) >= 11 is 7.14. The first-order chi connectivity index (χ1) is 8.98. The first-order valence-electron chi connectivity index (χ1n) is 6.64. The molecule has 0 spiro atoms. The molecule has 6 heteroatoms. The molecule has 0 saturated carbocycles. The number of thiophene rings is 1. The maximum absolute atomic E-state index is 12.6. The molecule has 1 unspecified atom stereocenters. The van der Waals surface area contributed by atoms with Gasteiger partial charge in [0.05, 0.1) is 5.88 Å². The van der Waals surface area contributed by atoms with Crippen LogP contribution in [0, 0.1) is 12.8 Å². The number of hydrogen-bond acceptors (Lipinski definition) is 3. The lowest BCUT2D eigenvalue weighted by Crippen LogP contribution is -2.39. The van der Waals surface area contributed by atoms with E-state index in [0.717, 1.165) is 29.7 Å². The Morgan fingerprint density at radius 1 is 1.53 bits per heavy atom. The topological polar surface area (TPSA) is 37.4 Å². The van der Waals surface area contributed by atoms with E-state index in [1.807, 2.05) is 6.92 Å². The standard InChI is InChI=1S/C13H20ClNO2S2/c1-3-11-5-4-6-15(9-11)19(16,17)13-7-10(2)12(8-14)18-13/h7,11H,3-6,8-9H2,1-2H3. The Bertz CT molecular complexity index is 539. The van der Waals surface area contributed by atoms with Crippen molar-refractivity contribution in [1.29, 1.82) is 0 Å². The van der Waals surface area contributed by atoms with Crippen molar-refractivity contribution in [2.24, 2.45) is 5.92 Å². The number of rotatable bonds is 4. The van der Waals surface area contributed by atoms with Gasteiger partial charge in [-0.1, -0.05) is 13.3 Å². The monoisotopic (exact) mass is 321 g/mol. The van der Waals surface area contributed by atoms with Crippen molar-refractivity contribution in [1.82, 2.24) is 4.31 Å². The molecule has 19 heavy (non-hydrogen) atoms. The fraction of sp³-hybridized carbons (Fsp3) is 0.692. The van der Waals surface area contributed by atoms with Gasteiger partial charge in [-0.15, -0.1) is 22.9 Å². The van der Waals surface area contributed by atoms with E-state index in [9.17, 15) is 8.42 Å². The zero-order chi connectivity index (χ0) is 14.0. The molecule has 1 aliphatic rings. The quantitative estimate of drug-likeness (QED) is 0.794. The minimum atomic E-state index is -3.32. The Kier molecular flexibility index (Phi) is 4.93. The molecular weight excluding hydrogens is 302 g/mol. The van der Waals surface area contributed by atoms with Crippen molar-refractivity contribution in [2.45, 2.75) is 43.2 Å². The van der Waals surface area contributed by atoms with Crippen LogP contribution in [0.3, 0.4) is 0 Å². The third kappa shape index (κ3) is 3.15. The normalized spacial score (nSPS) is 21.7. The van der Waals surface area contributed by atoms with E-state index in [4.69, 9.17) is 11.6 Å². The van der Waals surface area contributed by atoms with Crippen LogP contribution in [-0.2, 0) is 15.9 Å². The van der Waals surface area contributed by atoms with Gasteiger partial charge in [0.1, 0.15) is 4.21 Å². The molecule has 1 saturated heterocycles. The molecule has 0 bridgehead atoms. The Hall–Kier alpha value is -0.100. The summed E-state index contributed by atoms with van der Waals surface area (Å²) in [5, 5.41) is 0. The van der Waals surface area contributed by atoms with Crippen LogP contribution in [0.2, 0.25) is 0 Å². The predicted octanol–water partition coefficient (Wildman–Crippen LogP) is 3.61. The van der Waals surface area contributed by atoms with Crippen molar-refractivity contribution in [3.63, 3.8) is 0 Å². The summed E-state index contributed by atoms with van der Waals surface area (Å²) in [4.78, 5) is 0.948.